The van der Waals surface area contributed by atoms with Gasteiger partial charge in [-0.2, -0.15) is 4.31 Å². The second-order valence-electron chi connectivity index (χ2n) is 6.03. The zero-order valence-electron chi connectivity index (χ0n) is 13.6. The molecule has 1 aliphatic rings. The van der Waals surface area contributed by atoms with Crippen LogP contribution in [0.2, 0.25) is 0 Å². The van der Waals surface area contributed by atoms with Gasteiger partial charge in [-0.3, -0.25) is 0 Å². The fraction of sp³-hybridized carbons (Fsp3) is 0.235. The monoisotopic (exact) mass is 377 g/mol. The first-order chi connectivity index (χ1) is 12.4. The number of H-pyrrole nitrogens is 2. The van der Waals surface area contributed by atoms with E-state index in [-0.39, 0.29) is 24.6 Å². The van der Waals surface area contributed by atoms with Crippen LogP contribution in [0, 0.1) is 5.82 Å². The Morgan fingerprint density at radius 2 is 1.88 bits per heavy atom. The van der Waals surface area contributed by atoms with Crippen molar-refractivity contribution < 1.29 is 17.5 Å². The maximum absolute atomic E-state index is 14.0. The molecule has 9 heteroatoms. The number of ether oxygens (including phenoxy) is 1. The van der Waals surface area contributed by atoms with Gasteiger partial charge in [0.15, 0.2) is 0 Å². The predicted molar refractivity (Wildman–Crippen MR) is 92.8 cm³/mol. The Balaban J connectivity index is 1.66. The van der Waals surface area contributed by atoms with Gasteiger partial charge in [0.1, 0.15) is 5.82 Å². The number of aromatic amines is 2. The van der Waals surface area contributed by atoms with E-state index < -0.39 is 27.6 Å². The zero-order valence-corrected chi connectivity index (χ0v) is 14.4. The molecule has 4 rings (SSSR count). The summed E-state index contributed by atoms with van der Waals surface area (Å²) in [6.07, 6.45) is -0.671. The highest BCUT2D eigenvalue weighted by atomic mass is 32.2. The molecule has 1 fully saturated rings. The number of nitrogens with zero attached hydrogens (tertiary/aromatic N) is 1. The molecule has 3 aromatic rings. The normalized spacial score (nSPS) is 19.0. The molecule has 1 saturated heterocycles. The lowest BCUT2D eigenvalue weighted by molar-refractivity contribution is -0.00442. The van der Waals surface area contributed by atoms with Gasteiger partial charge in [-0.05, 0) is 24.3 Å². The van der Waals surface area contributed by atoms with Gasteiger partial charge in [0, 0.05) is 18.7 Å². The Labute approximate surface area is 148 Å². The van der Waals surface area contributed by atoms with Crippen molar-refractivity contribution in [2.24, 2.45) is 0 Å². The summed E-state index contributed by atoms with van der Waals surface area (Å²) in [5.74, 6) is -0.428. The van der Waals surface area contributed by atoms with Crippen LogP contribution in [0.15, 0.2) is 52.2 Å². The van der Waals surface area contributed by atoms with Crippen LogP contribution in [-0.2, 0) is 14.8 Å². The lowest BCUT2D eigenvalue weighted by Gasteiger charge is -2.32. The molecule has 1 unspecified atom stereocenters. The highest BCUT2D eigenvalue weighted by molar-refractivity contribution is 7.89. The molecule has 0 spiro atoms. The minimum Gasteiger partial charge on any atom is -0.371 e. The molecule has 7 nitrogen and oxygen atoms in total. The summed E-state index contributed by atoms with van der Waals surface area (Å²) >= 11 is 0. The largest absolute Gasteiger partial charge is 0.371 e. The van der Waals surface area contributed by atoms with E-state index in [2.05, 4.69) is 9.97 Å². The van der Waals surface area contributed by atoms with Crippen LogP contribution in [0.25, 0.3) is 11.0 Å². The maximum Gasteiger partial charge on any atom is 0.323 e. The van der Waals surface area contributed by atoms with E-state index in [1.54, 1.807) is 18.2 Å². The van der Waals surface area contributed by atoms with Crippen LogP contribution < -0.4 is 5.69 Å². The summed E-state index contributed by atoms with van der Waals surface area (Å²) in [6.45, 7) is 0.363. The number of aromatic nitrogens is 2. The van der Waals surface area contributed by atoms with Crippen molar-refractivity contribution in [1.29, 1.82) is 0 Å². The van der Waals surface area contributed by atoms with Crippen LogP contribution in [-0.4, -0.2) is 42.4 Å². The molecule has 2 N–H and O–H groups in total. The molecule has 0 bridgehead atoms. The molecule has 0 amide bonds. The predicted octanol–water partition coefficient (Wildman–Crippen LogP) is 1.76. The standard InChI is InChI=1S/C17H16FN3O4S/c18-13-4-2-1-3-12(13)16-10-21(7-8-25-16)26(23,24)11-5-6-14-15(9-11)20-17(22)19-14/h1-6,9,16H,7-8,10H2,(H2,19,20,22). The number of morpholine rings is 1. The number of hydrogen-bond donors (Lipinski definition) is 2. The Bertz CT molecular complexity index is 1120. The van der Waals surface area contributed by atoms with Crippen molar-refractivity contribution in [1.82, 2.24) is 14.3 Å². The summed E-state index contributed by atoms with van der Waals surface area (Å²) in [4.78, 5) is 16.5. The van der Waals surface area contributed by atoms with Gasteiger partial charge in [-0.15, -0.1) is 0 Å². The van der Waals surface area contributed by atoms with Gasteiger partial charge in [0.25, 0.3) is 0 Å². The number of fused-ring (bicyclic) bond motifs is 1. The van der Waals surface area contributed by atoms with Crippen molar-refractivity contribution in [3.8, 4) is 0 Å². The summed E-state index contributed by atoms with van der Waals surface area (Å²) in [7, 11) is -3.80. The van der Waals surface area contributed by atoms with E-state index in [1.165, 1.54) is 28.6 Å². The summed E-state index contributed by atoms with van der Waals surface area (Å²) in [5.41, 5.74) is 0.869. The topological polar surface area (TPSA) is 95.3 Å². The quantitative estimate of drug-likeness (QED) is 0.727. The Morgan fingerprint density at radius 1 is 1.12 bits per heavy atom. The zero-order chi connectivity index (χ0) is 18.3. The first-order valence-corrected chi connectivity index (χ1v) is 9.47. The number of imidazole rings is 1. The SMILES string of the molecule is O=c1[nH]c2ccc(S(=O)(=O)N3CCOC(c4ccccc4F)C3)cc2[nH]1. The molecule has 136 valence electrons. The number of nitrogens with one attached hydrogen (secondary N) is 2. The van der Waals surface area contributed by atoms with Crippen molar-refractivity contribution in [3.05, 3.63) is 64.3 Å². The molecule has 1 aromatic heterocycles. The minimum absolute atomic E-state index is 0.0188. The summed E-state index contributed by atoms with van der Waals surface area (Å²) in [6, 6.07) is 10.6. The maximum atomic E-state index is 14.0. The third-order valence-electron chi connectivity index (χ3n) is 4.41. The van der Waals surface area contributed by atoms with Gasteiger partial charge >= 0.3 is 5.69 Å². The molecule has 1 atom stereocenters. The van der Waals surface area contributed by atoms with Gasteiger partial charge < -0.3 is 14.7 Å². The fourth-order valence-corrected chi connectivity index (χ4v) is 4.54. The number of benzene rings is 2. The smallest absolute Gasteiger partial charge is 0.323 e. The lowest BCUT2D eigenvalue weighted by atomic mass is 10.1. The summed E-state index contributed by atoms with van der Waals surface area (Å²) < 4.78 is 46.8. The molecular weight excluding hydrogens is 361 g/mol. The van der Waals surface area contributed by atoms with E-state index in [9.17, 15) is 17.6 Å². The van der Waals surface area contributed by atoms with Gasteiger partial charge in [-0.25, -0.2) is 17.6 Å². The van der Waals surface area contributed by atoms with E-state index in [0.717, 1.165) is 0 Å². The van der Waals surface area contributed by atoms with Crippen LogP contribution in [0.5, 0.6) is 0 Å². The van der Waals surface area contributed by atoms with Gasteiger partial charge in [0.2, 0.25) is 10.0 Å². The molecule has 1 aliphatic heterocycles. The average molecular weight is 377 g/mol. The molecule has 26 heavy (non-hydrogen) atoms. The number of sulfonamides is 1. The number of hydrogen-bond acceptors (Lipinski definition) is 4. The molecule has 0 aliphatic carbocycles. The number of halogens is 1. The number of rotatable bonds is 3. The minimum atomic E-state index is -3.80. The van der Waals surface area contributed by atoms with E-state index in [0.29, 0.717) is 16.6 Å². The van der Waals surface area contributed by atoms with E-state index >= 15 is 0 Å². The first-order valence-electron chi connectivity index (χ1n) is 8.03. The van der Waals surface area contributed by atoms with Crippen molar-refractivity contribution in [2.45, 2.75) is 11.0 Å². The van der Waals surface area contributed by atoms with Crippen molar-refractivity contribution in [2.75, 3.05) is 19.7 Å². The van der Waals surface area contributed by atoms with E-state index in [1.807, 2.05) is 0 Å². The van der Waals surface area contributed by atoms with Crippen LogP contribution >= 0.6 is 0 Å². The highest BCUT2D eigenvalue weighted by Gasteiger charge is 2.32. The van der Waals surface area contributed by atoms with Crippen molar-refractivity contribution in [3.63, 3.8) is 0 Å². The van der Waals surface area contributed by atoms with Crippen molar-refractivity contribution >= 4 is 21.1 Å². The highest BCUT2D eigenvalue weighted by Crippen LogP contribution is 2.28. The molecule has 2 aromatic carbocycles. The van der Waals surface area contributed by atoms with Gasteiger partial charge in [-0.1, -0.05) is 18.2 Å². The van der Waals surface area contributed by atoms with Crippen LogP contribution in [0.4, 0.5) is 4.39 Å². The second-order valence-corrected chi connectivity index (χ2v) is 7.97. The first kappa shape index (κ1) is 17.0. The van der Waals surface area contributed by atoms with Crippen LogP contribution in [0.1, 0.15) is 11.7 Å². The van der Waals surface area contributed by atoms with Crippen LogP contribution in [0.3, 0.4) is 0 Å². The molecule has 0 saturated carbocycles. The third kappa shape index (κ3) is 2.94. The fourth-order valence-electron chi connectivity index (χ4n) is 3.09. The summed E-state index contributed by atoms with van der Waals surface area (Å²) in [5, 5.41) is 0. The Hall–Kier alpha value is -2.49. The van der Waals surface area contributed by atoms with E-state index in [4.69, 9.17) is 4.74 Å². The lowest BCUT2D eigenvalue weighted by Crippen LogP contribution is -2.42. The molecule has 2 heterocycles. The average Bonchev–Trinajstić information content (AvgIpc) is 3.01. The Morgan fingerprint density at radius 3 is 2.69 bits per heavy atom. The molecule has 0 radical (unpaired) electrons. The second kappa shape index (κ2) is 6.35. The molecular formula is C17H16FN3O4S. The third-order valence-corrected chi connectivity index (χ3v) is 6.27. The van der Waals surface area contributed by atoms with Gasteiger partial charge in [0.05, 0.1) is 28.6 Å². The Kier molecular flexibility index (Phi) is 4.14.